The highest BCUT2D eigenvalue weighted by molar-refractivity contribution is 9.10. The Bertz CT molecular complexity index is 433. The Balaban J connectivity index is 2.74. The first-order valence-corrected chi connectivity index (χ1v) is 6.49. The summed E-state index contributed by atoms with van der Waals surface area (Å²) in [7, 11) is 3.38. The number of rotatable bonds is 5. The topological polar surface area (TPSA) is 50.4 Å². The van der Waals surface area contributed by atoms with Crippen LogP contribution in [0.2, 0.25) is 0 Å². The van der Waals surface area contributed by atoms with Crippen LogP contribution in [0, 0.1) is 0 Å². The Morgan fingerprint density at radius 1 is 1.44 bits per heavy atom. The van der Waals surface area contributed by atoms with Crippen molar-refractivity contribution < 1.29 is 9.53 Å². The molecule has 0 saturated heterocycles. The summed E-state index contributed by atoms with van der Waals surface area (Å²) in [4.78, 5) is 11.9. The summed E-state index contributed by atoms with van der Waals surface area (Å²) in [6, 6.07) is 5.71. The van der Waals surface area contributed by atoms with Gasteiger partial charge in [-0.3, -0.25) is 4.79 Å². The summed E-state index contributed by atoms with van der Waals surface area (Å²) < 4.78 is 6.22. The standard InChI is InChI=1S/C13H19BrN2O2/c1-13(2,15-3)12(17)16-8-9-7-10(14)5-6-11(9)18-4/h5-7,15H,8H2,1-4H3,(H,16,17). The van der Waals surface area contributed by atoms with Gasteiger partial charge in [-0.2, -0.15) is 0 Å². The third kappa shape index (κ3) is 3.71. The molecule has 100 valence electrons. The molecule has 0 aliphatic heterocycles. The number of benzene rings is 1. The van der Waals surface area contributed by atoms with E-state index >= 15 is 0 Å². The molecule has 18 heavy (non-hydrogen) atoms. The van der Waals surface area contributed by atoms with E-state index in [0.29, 0.717) is 6.54 Å². The number of carbonyl (C=O) groups is 1. The normalized spacial score (nSPS) is 11.2. The van der Waals surface area contributed by atoms with E-state index in [0.717, 1.165) is 15.8 Å². The Kier molecular flexibility index (Phi) is 5.16. The van der Waals surface area contributed by atoms with Crippen molar-refractivity contribution in [3.8, 4) is 5.75 Å². The average Bonchev–Trinajstić information content (AvgIpc) is 2.36. The molecule has 0 aliphatic rings. The number of halogens is 1. The Morgan fingerprint density at radius 3 is 2.67 bits per heavy atom. The minimum Gasteiger partial charge on any atom is -0.496 e. The first-order chi connectivity index (χ1) is 8.40. The molecule has 0 heterocycles. The van der Waals surface area contributed by atoms with Crippen molar-refractivity contribution in [2.45, 2.75) is 25.9 Å². The van der Waals surface area contributed by atoms with Gasteiger partial charge in [-0.15, -0.1) is 0 Å². The maximum Gasteiger partial charge on any atom is 0.239 e. The molecule has 1 rings (SSSR count). The highest BCUT2D eigenvalue weighted by Crippen LogP contribution is 2.22. The molecule has 1 aromatic carbocycles. The molecule has 1 amide bonds. The molecule has 0 spiro atoms. The monoisotopic (exact) mass is 314 g/mol. The van der Waals surface area contributed by atoms with Crippen LogP contribution in [0.25, 0.3) is 0 Å². The predicted octanol–water partition coefficient (Wildman–Crippen LogP) is 2.07. The van der Waals surface area contributed by atoms with Crippen LogP contribution in [0.3, 0.4) is 0 Å². The second-order valence-electron chi connectivity index (χ2n) is 4.51. The van der Waals surface area contributed by atoms with Crippen molar-refractivity contribution in [2.75, 3.05) is 14.2 Å². The minimum atomic E-state index is -0.584. The van der Waals surface area contributed by atoms with Crippen LogP contribution in [-0.4, -0.2) is 25.6 Å². The van der Waals surface area contributed by atoms with Gasteiger partial charge in [-0.25, -0.2) is 0 Å². The van der Waals surface area contributed by atoms with Crippen LogP contribution in [0.5, 0.6) is 5.75 Å². The smallest absolute Gasteiger partial charge is 0.239 e. The number of nitrogens with one attached hydrogen (secondary N) is 2. The van der Waals surface area contributed by atoms with E-state index in [9.17, 15) is 4.79 Å². The van der Waals surface area contributed by atoms with E-state index in [-0.39, 0.29) is 5.91 Å². The van der Waals surface area contributed by atoms with Crippen molar-refractivity contribution in [3.63, 3.8) is 0 Å². The summed E-state index contributed by atoms with van der Waals surface area (Å²) in [5.41, 5.74) is 0.353. The molecule has 1 aromatic rings. The maximum atomic E-state index is 11.9. The molecule has 0 saturated carbocycles. The van der Waals surface area contributed by atoms with E-state index in [4.69, 9.17) is 4.74 Å². The molecular weight excluding hydrogens is 296 g/mol. The van der Waals surface area contributed by atoms with Gasteiger partial charge in [-0.05, 0) is 39.1 Å². The summed E-state index contributed by atoms with van der Waals surface area (Å²) in [6.45, 7) is 4.10. The van der Waals surface area contributed by atoms with Crippen molar-refractivity contribution >= 4 is 21.8 Å². The molecule has 0 radical (unpaired) electrons. The Labute approximate surface area is 116 Å². The van der Waals surface area contributed by atoms with Crippen LogP contribution in [0.1, 0.15) is 19.4 Å². The van der Waals surface area contributed by atoms with Gasteiger partial charge in [0.2, 0.25) is 5.91 Å². The molecule has 0 atom stereocenters. The lowest BCUT2D eigenvalue weighted by molar-refractivity contribution is -0.126. The highest BCUT2D eigenvalue weighted by atomic mass is 79.9. The fourth-order valence-electron chi connectivity index (χ4n) is 1.40. The maximum absolute atomic E-state index is 11.9. The van der Waals surface area contributed by atoms with Crippen LogP contribution < -0.4 is 15.4 Å². The summed E-state index contributed by atoms with van der Waals surface area (Å²) in [6.07, 6.45) is 0. The van der Waals surface area contributed by atoms with Crippen LogP contribution in [-0.2, 0) is 11.3 Å². The van der Waals surface area contributed by atoms with Gasteiger partial charge in [0.15, 0.2) is 0 Å². The third-order valence-corrected chi connectivity index (χ3v) is 3.37. The molecule has 4 nitrogen and oxygen atoms in total. The van der Waals surface area contributed by atoms with Crippen LogP contribution >= 0.6 is 15.9 Å². The second-order valence-corrected chi connectivity index (χ2v) is 5.43. The van der Waals surface area contributed by atoms with E-state index in [1.165, 1.54) is 0 Å². The average molecular weight is 315 g/mol. The van der Waals surface area contributed by atoms with Gasteiger partial charge in [0, 0.05) is 16.6 Å². The fourth-order valence-corrected chi connectivity index (χ4v) is 1.80. The number of amides is 1. The summed E-state index contributed by atoms with van der Waals surface area (Å²) in [5, 5.41) is 5.85. The Hall–Kier alpha value is -1.07. The van der Waals surface area contributed by atoms with E-state index in [1.807, 2.05) is 32.0 Å². The number of ether oxygens (including phenoxy) is 1. The minimum absolute atomic E-state index is 0.0490. The Morgan fingerprint density at radius 2 is 2.11 bits per heavy atom. The highest BCUT2D eigenvalue weighted by Gasteiger charge is 2.24. The van der Waals surface area contributed by atoms with Crippen molar-refractivity contribution in [1.29, 1.82) is 0 Å². The number of methoxy groups -OCH3 is 1. The van der Waals surface area contributed by atoms with Crippen molar-refractivity contribution in [2.24, 2.45) is 0 Å². The lowest BCUT2D eigenvalue weighted by Gasteiger charge is -2.23. The second kappa shape index (κ2) is 6.20. The molecule has 0 unspecified atom stereocenters. The molecular formula is C13H19BrN2O2. The number of likely N-dealkylation sites (N-methyl/N-ethyl adjacent to an activating group) is 1. The molecule has 0 fully saturated rings. The van der Waals surface area contributed by atoms with E-state index in [2.05, 4.69) is 26.6 Å². The van der Waals surface area contributed by atoms with Crippen LogP contribution in [0.15, 0.2) is 22.7 Å². The van der Waals surface area contributed by atoms with Gasteiger partial charge in [0.1, 0.15) is 5.75 Å². The fraction of sp³-hybridized carbons (Fsp3) is 0.462. The summed E-state index contributed by atoms with van der Waals surface area (Å²) in [5.74, 6) is 0.716. The molecule has 0 aromatic heterocycles. The van der Waals surface area contributed by atoms with Gasteiger partial charge in [0.05, 0.1) is 12.6 Å². The van der Waals surface area contributed by atoms with Crippen LogP contribution in [0.4, 0.5) is 0 Å². The molecule has 2 N–H and O–H groups in total. The molecule has 0 aliphatic carbocycles. The molecule has 5 heteroatoms. The lowest BCUT2D eigenvalue weighted by Crippen LogP contribution is -2.50. The van der Waals surface area contributed by atoms with Gasteiger partial charge in [0.25, 0.3) is 0 Å². The number of hydrogen-bond acceptors (Lipinski definition) is 3. The zero-order valence-corrected chi connectivity index (χ0v) is 12.7. The van der Waals surface area contributed by atoms with Crippen molar-refractivity contribution in [1.82, 2.24) is 10.6 Å². The third-order valence-electron chi connectivity index (χ3n) is 2.87. The SMILES string of the molecule is CNC(C)(C)C(=O)NCc1cc(Br)ccc1OC. The predicted molar refractivity (Wildman–Crippen MR) is 75.7 cm³/mol. The van der Waals surface area contributed by atoms with E-state index < -0.39 is 5.54 Å². The zero-order chi connectivity index (χ0) is 13.8. The first kappa shape index (κ1) is 15.0. The summed E-state index contributed by atoms with van der Waals surface area (Å²) >= 11 is 3.41. The van der Waals surface area contributed by atoms with Gasteiger partial charge < -0.3 is 15.4 Å². The quantitative estimate of drug-likeness (QED) is 0.875. The number of carbonyl (C=O) groups excluding carboxylic acids is 1. The largest absolute Gasteiger partial charge is 0.496 e. The zero-order valence-electron chi connectivity index (χ0n) is 11.1. The molecule has 0 bridgehead atoms. The van der Waals surface area contributed by atoms with E-state index in [1.54, 1.807) is 14.2 Å². The first-order valence-electron chi connectivity index (χ1n) is 5.70. The van der Waals surface area contributed by atoms with Gasteiger partial charge in [-0.1, -0.05) is 15.9 Å². The number of hydrogen-bond donors (Lipinski definition) is 2. The lowest BCUT2D eigenvalue weighted by atomic mass is 10.1. The van der Waals surface area contributed by atoms with Gasteiger partial charge >= 0.3 is 0 Å². The van der Waals surface area contributed by atoms with Crippen molar-refractivity contribution in [3.05, 3.63) is 28.2 Å².